The summed E-state index contributed by atoms with van der Waals surface area (Å²) < 4.78 is 35.6. The maximum Gasteiger partial charge on any atom is 0.250 e. The molecule has 4 saturated heterocycles. The molecule has 1 aromatic carbocycles. The summed E-state index contributed by atoms with van der Waals surface area (Å²) in [4.78, 5) is 17.8. The lowest BCUT2D eigenvalue weighted by molar-refractivity contribution is -0.0187. The second-order valence-electron chi connectivity index (χ2n) is 11.1. The van der Waals surface area contributed by atoms with Crippen LogP contribution < -0.4 is 15.0 Å². The number of nitrogens with one attached hydrogen (secondary N) is 1. The molecule has 0 spiro atoms. The van der Waals surface area contributed by atoms with Crippen molar-refractivity contribution in [3.05, 3.63) is 58.5 Å². The third-order valence-electron chi connectivity index (χ3n) is 8.94. The van der Waals surface area contributed by atoms with Gasteiger partial charge in [0.25, 0.3) is 5.56 Å². The average molecular weight is 513 g/mol. The van der Waals surface area contributed by atoms with Crippen LogP contribution in [0.2, 0.25) is 0 Å². The van der Waals surface area contributed by atoms with E-state index in [4.69, 9.17) is 4.74 Å². The van der Waals surface area contributed by atoms with E-state index >= 15 is 0 Å². The summed E-state index contributed by atoms with van der Waals surface area (Å²) in [6, 6.07) is 12.5. The SMILES string of the molecule is COc1ccc(S(=O)(=O)NC[C@H]2C[C@@H]3CCN2C[C@@H]3CN2C[C@@H]3C[C@H](C2)c2cccc(=O)n2C3)cc1. The highest BCUT2D eigenvalue weighted by Crippen LogP contribution is 2.39. The molecule has 1 unspecified atom stereocenters. The van der Waals surface area contributed by atoms with E-state index in [-0.39, 0.29) is 16.5 Å². The van der Waals surface area contributed by atoms with Gasteiger partial charge in [-0.05, 0) is 73.9 Å². The largest absolute Gasteiger partial charge is 0.497 e. The van der Waals surface area contributed by atoms with Gasteiger partial charge in [0, 0.05) is 63.0 Å². The molecule has 1 aromatic heterocycles. The predicted octanol–water partition coefficient (Wildman–Crippen LogP) is 1.96. The number of ether oxygens (including phenoxy) is 1. The topological polar surface area (TPSA) is 83.9 Å². The van der Waals surface area contributed by atoms with Crippen LogP contribution in [0.1, 0.15) is 30.9 Å². The van der Waals surface area contributed by atoms with Crippen molar-refractivity contribution in [2.45, 2.75) is 42.7 Å². The molecular weight excluding hydrogens is 476 g/mol. The number of hydrogen-bond acceptors (Lipinski definition) is 6. The number of benzene rings is 1. The number of rotatable bonds is 7. The summed E-state index contributed by atoms with van der Waals surface area (Å²) in [5.41, 5.74) is 1.35. The fourth-order valence-electron chi connectivity index (χ4n) is 7.19. The first kappa shape index (κ1) is 24.2. The summed E-state index contributed by atoms with van der Waals surface area (Å²) in [6.45, 7) is 6.62. The van der Waals surface area contributed by atoms with Gasteiger partial charge in [-0.1, -0.05) is 6.07 Å². The van der Waals surface area contributed by atoms with Gasteiger partial charge in [0.15, 0.2) is 0 Å². The van der Waals surface area contributed by atoms with Crippen LogP contribution in [0.3, 0.4) is 0 Å². The van der Waals surface area contributed by atoms with E-state index in [9.17, 15) is 13.2 Å². The van der Waals surface area contributed by atoms with Crippen molar-refractivity contribution in [3.8, 4) is 5.75 Å². The Morgan fingerprint density at radius 3 is 2.61 bits per heavy atom. The number of aromatic nitrogens is 1. The van der Waals surface area contributed by atoms with Crippen LogP contribution in [0.4, 0.5) is 0 Å². The molecule has 5 aliphatic heterocycles. The lowest BCUT2D eigenvalue weighted by Gasteiger charge is -2.52. The highest BCUT2D eigenvalue weighted by molar-refractivity contribution is 7.89. The molecule has 6 heterocycles. The van der Waals surface area contributed by atoms with E-state index in [0.29, 0.717) is 36.0 Å². The first-order valence-corrected chi connectivity index (χ1v) is 14.7. The Hall–Kier alpha value is -2.20. The minimum Gasteiger partial charge on any atom is -0.497 e. The number of sulfonamides is 1. The van der Waals surface area contributed by atoms with Gasteiger partial charge < -0.3 is 14.2 Å². The number of methoxy groups -OCH3 is 1. The number of likely N-dealkylation sites (tertiary alicyclic amines) is 1. The smallest absolute Gasteiger partial charge is 0.250 e. The summed E-state index contributed by atoms with van der Waals surface area (Å²) >= 11 is 0. The third-order valence-corrected chi connectivity index (χ3v) is 10.4. The van der Waals surface area contributed by atoms with Crippen molar-refractivity contribution < 1.29 is 13.2 Å². The van der Waals surface area contributed by atoms with Crippen LogP contribution in [0.15, 0.2) is 52.2 Å². The van der Waals surface area contributed by atoms with Gasteiger partial charge in [0.2, 0.25) is 10.0 Å². The van der Waals surface area contributed by atoms with E-state index in [0.717, 1.165) is 45.7 Å². The molecule has 194 valence electrons. The Balaban J connectivity index is 1.05. The first-order chi connectivity index (χ1) is 17.4. The minimum atomic E-state index is -3.54. The Morgan fingerprint density at radius 1 is 1.03 bits per heavy atom. The van der Waals surface area contributed by atoms with Crippen LogP contribution in [-0.4, -0.2) is 75.2 Å². The number of pyridine rings is 1. The lowest BCUT2D eigenvalue weighted by atomic mass is 9.74. The Labute approximate surface area is 213 Å². The molecule has 0 amide bonds. The fraction of sp³-hybridized carbons (Fsp3) is 0.593. The molecule has 0 aliphatic carbocycles. The Bertz CT molecular complexity index is 1260. The predicted molar refractivity (Wildman–Crippen MR) is 138 cm³/mol. The van der Waals surface area contributed by atoms with Crippen LogP contribution in [0.25, 0.3) is 0 Å². The monoisotopic (exact) mass is 512 g/mol. The molecule has 0 saturated carbocycles. The van der Waals surface area contributed by atoms with Crippen molar-refractivity contribution in [1.82, 2.24) is 19.1 Å². The highest BCUT2D eigenvalue weighted by Gasteiger charge is 2.42. The van der Waals surface area contributed by atoms with E-state index < -0.39 is 10.0 Å². The zero-order chi connectivity index (χ0) is 24.9. The molecule has 5 aliphatic rings. The molecule has 2 aromatic rings. The fourth-order valence-corrected chi connectivity index (χ4v) is 8.26. The van der Waals surface area contributed by atoms with Crippen molar-refractivity contribution in [1.29, 1.82) is 0 Å². The molecule has 9 heteroatoms. The molecule has 4 bridgehead atoms. The highest BCUT2D eigenvalue weighted by atomic mass is 32.2. The van der Waals surface area contributed by atoms with Crippen LogP contribution >= 0.6 is 0 Å². The van der Waals surface area contributed by atoms with Gasteiger partial charge in [-0.15, -0.1) is 0 Å². The van der Waals surface area contributed by atoms with E-state index in [1.54, 1.807) is 37.4 Å². The zero-order valence-electron chi connectivity index (χ0n) is 20.9. The normalized spacial score (nSPS) is 31.7. The van der Waals surface area contributed by atoms with Crippen molar-refractivity contribution in [2.24, 2.45) is 17.8 Å². The molecule has 4 fully saturated rings. The summed E-state index contributed by atoms with van der Waals surface area (Å²) in [5, 5.41) is 0. The number of hydrogen-bond donors (Lipinski definition) is 1. The minimum absolute atomic E-state index is 0.140. The molecule has 8 nitrogen and oxygen atoms in total. The molecule has 0 radical (unpaired) electrons. The lowest BCUT2D eigenvalue weighted by Crippen LogP contribution is -2.59. The van der Waals surface area contributed by atoms with Crippen molar-refractivity contribution >= 4 is 10.0 Å². The van der Waals surface area contributed by atoms with E-state index in [2.05, 4.69) is 20.6 Å². The molecule has 1 N–H and O–H groups in total. The van der Waals surface area contributed by atoms with Crippen molar-refractivity contribution in [3.63, 3.8) is 0 Å². The second-order valence-corrected chi connectivity index (χ2v) is 12.9. The summed E-state index contributed by atoms with van der Waals surface area (Å²) in [6.07, 6.45) is 3.44. The average Bonchev–Trinajstić information content (AvgIpc) is 2.89. The van der Waals surface area contributed by atoms with E-state index in [1.807, 2.05) is 10.6 Å². The number of fused-ring (bicyclic) bond motifs is 7. The number of piperidine rings is 4. The summed E-state index contributed by atoms with van der Waals surface area (Å²) in [7, 11) is -1.97. The third kappa shape index (κ3) is 4.62. The molecular formula is C27H36N4O4S. The van der Waals surface area contributed by atoms with Gasteiger partial charge in [-0.25, -0.2) is 13.1 Å². The first-order valence-electron chi connectivity index (χ1n) is 13.2. The quantitative estimate of drug-likeness (QED) is 0.611. The standard InChI is InChI=1S/C27H36N4O4S/c1-35-24-5-7-25(8-6-24)36(33,34)28-13-23-12-20-9-10-30(23)18-22(20)17-29-14-19-11-21(16-29)26-3-2-4-27(32)31(26)15-19/h2-8,19-23,28H,9-18H2,1H3/t19-,20-,21+,22-,23+/m0/s1. The van der Waals surface area contributed by atoms with Gasteiger partial charge in [0.1, 0.15) is 5.75 Å². The van der Waals surface area contributed by atoms with E-state index in [1.165, 1.54) is 18.5 Å². The molecule has 36 heavy (non-hydrogen) atoms. The maximum absolute atomic E-state index is 12.8. The van der Waals surface area contributed by atoms with Gasteiger partial charge in [-0.3, -0.25) is 9.69 Å². The maximum atomic E-state index is 12.8. The Kier molecular flexibility index (Phi) is 6.44. The van der Waals surface area contributed by atoms with Gasteiger partial charge >= 0.3 is 0 Å². The van der Waals surface area contributed by atoms with Crippen LogP contribution in [0.5, 0.6) is 5.75 Å². The number of nitrogens with zero attached hydrogens (tertiary/aromatic N) is 3. The van der Waals surface area contributed by atoms with Crippen LogP contribution in [0, 0.1) is 17.8 Å². The molecule has 6 atom stereocenters. The van der Waals surface area contributed by atoms with Crippen molar-refractivity contribution in [2.75, 3.05) is 46.4 Å². The summed E-state index contributed by atoms with van der Waals surface area (Å²) in [5.74, 6) is 2.92. The van der Waals surface area contributed by atoms with Gasteiger partial charge in [-0.2, -0.15) is 0 Å². The Morgan fingerprint density at radius 2 is 1.86 bits per heavy atom. The second kappa shape index (κ2) is 9.59. The molecule has 7 rings (SSSR count). The van der Waals surface area contributed by atoms with Crippen LogP contribution in [-0.2, 0) is 16.6 Å². The zero-order valence-corrected chi connectivity index (χ0v) is 21.7. The van der Waals surface area contributed by atoms with Gasteiger partial charge in [0.05, 0.1) is 12.0 Å².